The van der Waals surface area contributed by atoms with Crippen molar-refractivity contribution in [3.05, 3.63) is 36.4 Å². The Morgan fingerprint density at radius 3 is 2.76 bits per heavy atom. The van der Waals surface area contributed by atoms with Crippen molar-refractivity contribution in [1.82, 2.24) is 4.98 Å². The maximum atomic E-state index is 11.2. The average Bonchev–Trinajstić information content (AvgIpc) is 2.65. The monoisotopic (exact) mass is 246 g/mol. The Bertz CT molecular complexity index is 749. The second kappa shape index (κ2) is 3.58. The van der Waals surface area contributed by atoms with Crippen LogP contribution in [0.1, 0.15) is 0 Å². The third kappa shape index (κ3) is 1.51. The van der Waals surface area contributed by atoms with Crippen LogP contribution < -0.4 is 5.73 Å². The van der Waals surface area contributed by atoms with Crippen LogP contribution >= 0.6 is 0 Å². The normalized spacial score (nSPS) is 13.2. The van der Waals surface area contributed by atoms with Crippen molar-refractivity contribution in [3.63, 3.8) is 0 Å². The van der Waals surface area contributed by atoms with Crippen LogP contribution in [-0.2, 0) is 11.1 Å². The van der Waals surface area contributed by atoms with Crippen molar-refractivity contribution in [2.24, 2.45) is 0 Å². The molecule has 0 aliphatic heterocycles. The zero-order valence-corrected chi connectivity index (χ0v) is 9.62. The quantitative estimate of drug-likeness (QED) is 0.456. The minimum absolute atomic E-state index is 0.386. The minimum atomic E-state index is -2.00. The van der Waals surface area contributed by atoms with Crippen LogP contribution in [0, 0.1) is 0 Å². The maximum Gasteiger partial charge on any atom is 0.188 e. The number of fused-ring (bicyclic) bond motifs is 3. The molecule has 4 nitrogen and oxygen atoms in total. The lowest BCUT2D eigenvalue weighted by atomic mass is 10.1. The first-order valence-corrected chi connectivity index (χ1v) is 6.18. The van der Waals surface area contributed by atoms with E-state index in [-0.39, 0.29) is 0 Å². The highest BCUT2D eigenvalue weighted by Gasteiger charge is 2.10. The molecule has 5 heteroatoms. The van der Waals surface area contributed by atoms with Gasteiger partial charge in [-0.05, 0) is 18.2 Å². The van der Waals surface area contributed by atoms with Gasteiger partial charge in [-0.25, -0.2) is 4.21 Å². The Balaban J connectivity index is 2.50. The predicted molar refractivity (Wildman–Crippen MR) is 69.3 cm³/mol. The lowest BCUT2D eigenvalue weighted by Crippen LogP contribution is -1.88. The van der Waals surface area contributed by atoms with Gasteiger partial charge in [-0.1, -0.05) is 18.2 Å². The summed E-state index contributed by atoms with van der Waals surface area (Å²) in [6.07, 6.45) is 0. The van der Waals surface area contributed by atoms with E-state index < -0.39 is 11.1 Å². The molecule has 3 rings (SSSR count). The predicted octanol–water partition coefficient (Wildman–Crippen LogP) is 2.48. The van der Waals surface area contributed by atoms with Gasteiger partial charge in [0.15, 0.2) is 11.1 Å². The Hall–Kier alpha value is -1.85. The molecule has 1 aromatic heterocycles. The number of hydrogen-bond acceptors (Lipinski definition) is 2. The molecule has 0 saturated heterocycles. The smallest absolute Gasteiger partial charge is 0.188 e. The number of hydrogen-bond donors (Lipinski definition) is 3. The highest BCUT2D eigenvalue weighted by molar-refractivity contribution is 7.79. The van der Waals surface area contributed by atoms with Crippen LogP contribution in [0.3, 0.4) is 0 Å². The number of benzene rings is 2. The summed E-state index contributed by atoms with van der Waals surface area (Å²) in [5.74, 6) is 0. The molecule has 1 unspecified atom stereocenters. The molecule has 1 heterocycles. The van der Waals surface area contributed by atoms with E-state index in [1.807, 2.05) is 24.3 Å². The molecular weight excluding hydrogens is 236 g/mol. The Kier molecular flexibility index (Phi) is 2.17. The second-order valence-electron chi connectivity index (χ2n) is 3.86. The fraction of sp³-hybridized carbons (Fsp3) is 0. The summed E-state index contributed by atoms with van der Waals surface area (Å²) in [5, 5.41) is 1.93. The lowest BCUT2D eigenvalue weighted by molar-refractivity contribution is 0.565. The molecule has 86 valence electrons. The first-order chi connectivity index (χ1) is 8.16. The van der Waals surface area contributed by atoms with Crippen molar-refractivity contribution >= 4 is 38.6 Å². The fourth-order valence-corrected chi connectivity index (χ4v) is 2.60. The zero-order valence-electron chi connectivity index (χ0n) is 8.81. The summed E-state index contributed by atoms with van der Waals surface area (Å²) in [6, 6.07) is 10.9. The van der Waals surface area contributed by atoms with Gasteiger partial charge in [-0.3, -0.25) is 0 Å². The Labute approximate surface area is 99.7 Å². The van der Waals surface area contributed by atoms with Crippen LogP contribution in [0.15, 0.2) is 41.3 Å². The number of nitrogen functional groups attached to an aromatic ring is 1. The van der Waals surface area contributed by atoms with Crippen LogP contribution in [-0.4, -0.2) is 13.7 Å². The van der Waals surface area contributed by atoms with E-state index in [9.17, 15) is 8.76 Å². The Morgan fingerprint density at radius 1 is 1.18 bits per heavy atom. The van der Waals surface area contributed by atoms with Crippen molar-refractivity contribution in [2.45, 2.75) is 4.90 Å². The van der Waals surface area contributed by atoms with Crippen LogP contribution in [0.4, 0.5) is 5.69 Å². The van der Waals surface area contributed by atoms with Crippen LogP contribution in [0.2, 0.25) is 0 Å². The fourth-order valence-electron chi connectivity index (χ4n) is 2.06. The first-order valence-electron chi connectivity index (χ1n) is 5.07. The van der Waals surface area contributed by atoms with Gasteiger partial charge in [0.2, 0.25) is 0 Å². The van der Waals surface area contributed by atoms with Crippen LogP contribution in [0.25, 0.3) is 21.8 Å². The summed E-state index contributed by atoms with van der Waals surface area (Å²) in [6.45, 7) is 0. The largest absolute Gasteiger partial charge is 0.399 e. The molecule has 3 aromatic rings. The number of anilines is 1. The van der Waals surface area contributed by atoms with Crippen molar-refractivity contribution in [1.29, 1.82) is 0 Å². The summed E-state index contributed by atoms with van der Waals surface area (Å²) in [4.78, 5) is 3.52. The highest BCUT2D eigenvalue weighted by Crippen LogP contribution is 2.29. The standard InChI is InChI=1S/C12H10N2O2S/c13-7-4-5-8-9-2-1-3-11(17(15)16)12(9)14-10(8)6-7/h1-6,14H,13H2,(H,15,16). The molecule has 0 bridgehead atoms. The van der Waals surface area contributed by atoms with Gasteiger partial charge in [-0.2, -0.15) is 0 Å². The van der Waals surface area contributed by atoms with Crippen molar-refractivity contribution in [2.75, 3.05) is 5.73 Å². The SMILES string of the molecule is Nc1ccc2c(c1)[nH]c1c(S(=O)O)cccc12. The van der Waals surface area contributed by atoms with Crippen molar-refractivity contribution < 1.29 is 8.76 Å². The number of nitrogens with one attached hydrogen (secondary N) is 1. The summed E-state index contributed by atoms with van der Waals surface area (Å²) >= 11 is -2.00. The molecule has 0 saturated carbocycles. The molecule has 0 aliphatic rings. The molecule has 4 N–H and O–H groups in total. The molecule has 0 fully saturated rings. The second-order valence-corrected chi connectivity index (χ2v) is 4.80. The van der Waals surface area contributed by atoms with Gasteiger partial charge in [0.1, 0.15) is 0 Å². The van der Waals surface area contributed by atoms with E-state index >= 15 is 0 Å². The average molecular weight is 246 g/mol. The van der Waals surface area contributed by atoms with Gasteiger partial charge in [0.25, 0.3) is 0 Å². The lowest BCUT2D eigenvalue weighted by Gasteiger charge is -1.96. The zero-order chi connectivity index (χ0) is 12.0. The van der Waals surface area contributed by atoms with Gasteiger partial charge in [-0.15, -0.1) is 0 Å². The minimum Gasteiger partial charge on any atom is -0.399 e. The summed E-state index contributed by atoms with van der Waals surface area (Å²) in [7, 11) is 0. The molecule has 1 atom stereocenters. The topological polar surface area (TPSA) is 79.1 Å². The number of aromatic nitrogens is 1. The first kappa shape index (κ1) is 10.3. The third-order valence-corrected chi connectivity index (χ3v) is 3.52. The van der Waals surface area contributed by atoms with E-state index in [0.717, 1.165) is 16.3 Å². The van der Waals surface area contributed by atoms with Gasteiger partial charge in [0, 0.05) is 22.0 Å². The van der Waals surface area contributed by atoms with Gasteiger partial charge >= 0.3 is 0 Å². The molecule has 0 radical (unpaired) electrons. The number of H-pyrrole nitrogens is 1. The highest BCUT2D eigenvalue weighted by atomic mass is 32.2. The molecule has 0 amide bonds. The molecular formula is C12H10N2O2S. The molecule has 0 aliphatic carbocycles. The number of rotatable bonds is 1. The molecule has 17 heavy (non-hydrogen) atoms. The summed E-state index contributed by atoms with van der Waals surface area (Å²) in [5.41, 5.74) is 7.94. The van der Waals surface area contributed by atoms with E-state index in [1.54, 1.807) is 12.1 Å². The number of aromatic amines is 1. The molecule has 2 aromatic carbocycles. The third-order valence-electron chi connectivity index (χ3n) is 2.81. The maximum absolute atomic E-state index is 11.2. The van der Waals surface area contributed by atoms with E-state index in [2.05, 4.69) is 4.98 Å². The van der Waals surface area contributed by atoms with E-state index in [4.69, 9.17) is 5.73 Å². The van der Waals surface area contributed by atoms with Crippen molar-refractivity contribution in [3.8, 4) is 0 Å². The van der Waals surface area contributed by atoms with E-state index in [1.165, 1.54) is 0 Å². The van der Waals surface area contributed by atoms with Gasteiger partial charge in [0.05, 0.1) is 10.4 Å². The number of nitrogens with two attached hydrogens (primary N) is 1. The van der Waals surface area contributed by atoms with Gasteiger partial charge < -0.3 is 15.3 Å². The molecule has 0 spiro atoms. The van der Waals surface area contributed by atoms with E-state index in [0.29, 0.717) is 16.1 Å². The Morgan fingerprint density at radius 2 is 2.00 bits per heavy atom. The summed E-state index contributed by atoms with van der Waals surface area (Å²) < 4.78 is 20.5. The number of para-hydroxylation sites is 1. The van der Waals surface area contributed by atoms with Crippen LogP contribution in [0.5, 0.6) is 0 Å².